The van der Waals surface area contributed by atoms with Crippen molar-refractivity contribution in [2.24, 2.45) is 0 Å². The van der Waals surface area contributed by atoms with Gasteiger partial charge in [-0.3, -0.25) is 14.6 Å². The van der Waals surface area contributed by atoms with Crippen molar-refractivity contribution in [2.45, 2.75) is 20.0 Å². The second kappa shape index (κ2) is 9.61. The lowest BCUT2D eigenvalue weighted by atomic mass is 10.0. The van der Waals surface area contributed by atoms with Crippen molar-refractivity contribution in [3.05, 3.63) is 59.0 Å². The molecule has 3 aromatic rings. The number of ether oxygens (including phenoxy) is 4. The fourth-order valence-electron chi connectivity index (χ4n) is 5.20. The minimum atomic E-state index is -0.0986. The predicted molar refractivity (Wildman–Crippen MR) is 137 cm³/mol. The van der Waals surface area contributed by atoms with Gasteiger partial charge in [-0.1, -0.05) is 0 Å². The number of nitrogens with zero attached hydrogens (tertiary/aromatic N) is 3. The summed E-state index contributed by atoms with van der Waals surface area (Å²) in [6.07, 6.45) is 3.91. The molecule has 0 N–H and O–H groups in total. The molecule has 4 heterocycles. The molecule has 0 bridgehead atoms. The second-order valence-electron chi connectivity index (χ2n) is 9.39. The van der Waals surface area contributed by atoms with E-state index in [2.05, 4.69) is 27.5 Å². The Morgan fingerprint density at radius 3 is 2.72 bits per heavy atom. The van der Waals surface area contributed by atoms with Crippen LogP contribution in [0, 0.1) is 0 Å². The third kappa shape index (κ3) is 4.15. The number of carbonyl (C=O) groups excluding carboxylic acids is 1. The van der Waals surface area contributed by atoms with E-state index in [4.69, 9.17) is 18.9 Å². The Balaban J connectivity index is 1.27. The average molecular weight is 490 g/mol. The Morgan fingerprint density at radius 2 is 1.92 bits per heavy atom. The van der Waals surface area contributed by atoms with Gasteiger partial charge in [-0.25, -0.2) is 0 Å². The molecule has 3 aliphatic rings. The van der Waals surface area contributed by atoms with Crippen LogP contribution < -0.4 is 14.2 Å². The van der Waals surface area contributed by atoms with Gasteiger partial charge in [-0.05, 0) is 43.3 Å². The average Bonchev–Trinajstić information content (AvgIpc) is 3.44. The molecule has 0 unspecified atom stereocenters. The molecule has 3 aliphatic heterocycles. The molecule has 1 aromatic heterocycles. The number of aryl methyl sites for hydroxylation is 1. The summed E-state index contributed by atoms with van der Waals surface area (Å²) in [5.41, 5.74) is 3.56. The summed E-state index contributed by atoms with van der Waals surface area (Å²) in [5.74, 6) is 2.43. The lowest BCUT2D eigenvalue weighted by molar-refractivity contribution is 0.0239. The van der Waals surface area contributed by atoms with Crippen molar-refractivity contribution < 1.29 is 23.7 Å². The molecule has 1 saturated heterocycles. The van der Waals surface area contributed by atoms with Gasteiger partial charge in [0.25, 0.3) is 0 Å². The van der Waals surface area contributed by atoms with Crippen molar-refractivity contribution in [2.75, 3.05) is 53.2 Å². The number of morpholine rings is 1. The van der Waals surface area contributed by atoms with Crippen LogP contribution in [-0.4, -0.2) is 73.4 Å². The monoisotopic (exact) mass is 489 g/mol. The van der Waals surface area contributed by atoms with Crippen molar-refractivity contribution >= 4 is 22.8 Å². The van der Waals surface area contributed by atoms with Gasteiger partial charge < -0.3 is 23.5 Å². The lowest BCUT2D eigenvalue weighted by Crippen LogP contribution is -2.43. The van der Waals surface area contributed by atoms with E-state index in [0.717, 1.165) is 79.5 Å². The number of allylic oxidation sites excluding steroid dienone is 1. The van der Waals surface area contributed by atoms with E-state index in [-0.39, 0.29) is 5.78 Å². The number of rotatable bonds is 6. The molecule has 8 nitrogen and oxygen atoms in total. The van der Waals surface area contributed by atoms with Crippen LogP contribution in [0.2, 0.25) is 0 Å². The summed E-state index contributed by atoms with van der Waals surface area (Å²) in [4.78, 5) is 18.0. The van der Waals surface area contributed by atoms with E-state index in [1.54, 1.807) is 7.11 Å². The smallest absolute Gasteiger partial charge is 0.231 e. The minimum absolute atomic E-state index is 0.0986. The molecule has 1 fully saturated rings. The molecule has 36 heavy (non-hydrogen) atoms. The topological polar surface area (TPSA) is 65.4 Å². The molecule has 8 heteroatoms. The molecule has 0 saturated carbocycles. The van der Waals surface area contributed by atoms with Crippen LogP contribution in [0.1, 0.15) is 28.4 Å². The van der Waals surface area contributed by atoms with Crippen LogP contribution in [0.4, 0.5) is 0 Å². The minimum Gasteiger partial charge on any atom is -0.497 e. The molecule has 0 spiro atoms. The first-order chi connectivity index (χ1) is 17.6. The van der Waals surface area contributed by atoms with Gasteiger partial charge in [0.1, 0.15) is 24.0 Å². The summed E-state index contributed by atoms with van der Waals surface area (Å²) >= 11 is 0. The first-order valence-corrected chi connectivity index (χ1v) is 12.6. The van der Waals surface area contributed by atoms with E-state index >= 15 is 0 Å². The number of benzene rings is 2. The predicted octanol–water partition coefficient (Wildman–Crippen LogP) is 3.77. The van der Waals surface area contributed by atoms with Gasteiger partial charge in [0.2, 0.25) is 5.78 Å². The highest BCUT2D eigenvalue weighted by Crippen LogP contribution is 2.42. The van der Waals surface area contributed by atoms with Crippen molar-refractivity contribution in [1.82, 2.24) is 14.4 Å². The number of Topliss-reactive ketones (excluding diaryl/α,β-unsaturated/α-hetero) is 1. The van der Waals surface area contributed by atoms with Crippen LogP contribution >= 0.6 is 0 Å². The van der Waals surface area contributed by atoms with Crippen LogP contribution in [-0.2, 0) is 17.8 Å². The molecular weight excluding hydrogens is 458 g/mol. The Hall–Kier alpha value is -3.33. The zero-order chi connectivity index (χ0) is 24.6. The van der Waals surface area contributed by atoms with Gasteiger partial charge in [0.15, 0.2) is 5.76 Å². The Bertz CT molecular complexity index is 1340. The Kier molecular flexibility index (Phi) is 6.17. The van der Waals surface area contributed by atoms with Crippen LogP contribution in [0.15, 0.2) is 42.3 Å². The summed E-state index contributed by atoms with van der Waals surface area (Å²) in [6, 6.07) is 9.72. The van der Waals surface area contributed by atoms with Gasteiger partial charge >= 0.3 is 0 Å². The van der Waals surface area contributed by atoms with Crippen molar-refractivity contribution in [3.63, 3.8) is 0 Å². The molecule has 0 radical (unpaired) electrons. The first kappa shape index (κ1) is 23.1. The highest BCUT2D eigenvalue weighted by Gasteiger charge is 2.34. The van der Waals surface area contributed by atoms with Crippen molar-refractivity contribution in [1.29, 1.82) is 0 Å². The Morgan fingerprint density at radius 1 is 1.08 bits per heavy atom. The van der Waals surface area contributed by atoms with E-state index < -0.39 is 0 Å². The second-order valence-corrected chi connectivity index (χ2v) is 9.39. The summed E-state index contributed by atoms with van der Waals surface area (Å²) in [5, 5.41) is 1.02. The van der Waals surface area contributed by atoms with Gasteiger partial charge in [0.05, 0.1) is 31.5 Å². The van der Waals surface area contributed by atoms with E-state index in [1.165, 1.54) is 0 Å². The van der Waals surface area contributed by atoms with Crippen LogP contribution in [0.3, 0.4) is 0 Å². The van der Waals surface area contributed by atoms with Crippen LogP contribution in [0.25, 0.3) is 17.0 Å². The highest BCUT2D eigenvalue weighted by atomic mass is 16.5. The summed E-state index contributed by atoms with van der Waals surface area (Å²) in [6.45, 7) is 9.52. The number of hydrogen-bond acceptors (Lipinski definition) is 7. The molecule has 0 amide bonds. The maximum absolute atomic E-state index is 13.3. The van der Waals surface area contributed by atoms with Crippen molar-refractivity contribution in [3.8, 4) is 17.2 Å². The highest BCUT2D eigenvalue weighted by molar-refractivity contribution is 6.15. The van der Waals surface area contributed by atoms with E-state index in [0.29, 0.717) is 30.3 Å². The largest absolute Gasteiger partial charge is 0.497 e. The number of methoxy groups -OCH3 is 1. The molecule has 2 aromatic carbocycles. The van der Waals surface area contributed by atoms with Gasteiger partial charge in [-0.2, -0.15) is 0 Å². The van der Waals surface area contributed by atoms with Crippen LogP contribution in [0.5, 0.6) is 17.2 Å². The maximum atomic E-state index is 13.3. The fraction of sp³-hybridized carbons (Fsp3) is 0.393. The lowest BCUT2D eigenvalue weighted by Gasteiger charge is -2.33. The first-order valence-electron chi connectivity index (χ1n) is 12.6. The third-order valence-corrected chi connectivity index (χ3v) is 7.26. The molecular formula is C28H31N3O5. The molecule has 188 valence electrons. The fourth-order valence-corrected chi connectivity index (χ4v) is 5.20. The summed E-state index contributed by atoms with van der Waals surface area (Å²) < 4.78 is 25.3. The van der Waals surface area contributed by atoms with E-state index in [9.17, 15) is 4.79 Å². The maximum Gasteiger partial charge on any atom is 0.231 e. The molecule has 0 aliphatic carbocycles. The zero-order valence-corrected chi connectivity index (χ0v) is 20.8. The Labute approximate surface area is 210 Å². The number of fused-ring (bicyclic) bond motifs is 4. The SMILES string of the molecule is CCn1cc(/C=C2\Oc3c(ccc4c3CN(CCN3CCOCC3)CO4)C2=O)c2cc(OC)ccc21. The normalized spacial score (nSPS) is 19.3. The van der Waals surface area contributed by atoms with Gasteiger partial charge in [-0.15, -0.1) is 0 Å². The zero-order valence-electron chi connectivity index (χ0n) is 20.8. The number of carbonyl (C=O) groups is 1. The van der Waals surface area contributed by atoms with Gasteiger partial charge in [0, 0.05) is 61.9 Å². The number of ketones is 1. The number of hydrogen-bond donors (Lipinski definition) is 0. The molecule has 0 atom stereocenters. The number of aromatic nitrogens is 1. The third-order valence-electron chi connectivity index (χ3n) is 7.26. The van der Waals surface area contributed by atoms with E-state index in [1.807, 2.05) is 36.4 Å². The molecule has 6 rings (SSSR count). The summed E-state index contributed by atoms with van der Waals surface area (Å²) in [7, 11) is 1.66. The standard InChI is InChI=1S/C28H31N3O5/c1-3-31-16-19(22-15-20(33-2)4-6-24(22)31)14-26-27(32)21-5-7-25-23(28(21)36-26)17-30(18-35-25)9-8-29-10-12-34-13-11-29/h4-7,14-16H,3,8-13,17-18H2,1-2H3/b26-14-. The quantitative estimate of drug-likeness (QED) is 0.489.